The van der Waals surface area contributed by atoms with Crippen LogP contribution in [0.2, 0.25) is 0 Å². The van der Waals surface area contributed by atoms with Crippen LogP contribution in [-0.4, -0.2) is 21.6 Å². The van der Waals surface area contributed by atoms with Crippen LogP contribution in [0.1, 0.15) is 11.3 Å². The van der Waals surface area contributed by atoms with E-state index in [0.29, 0.717) is 28.7 Å². The van der Waals surface area contributed by atoms with Gasteiger partial charge < -0.3 is 25.3 Å². The molecule has 0 saturated heterocycles. The lowest BCUT2D eigenvalue weighted by Crippen LogP contribution is -2.10. The van der Waals surface area contributed by atoms with Gasteiger partial charge in [0.05, 0.1) is 11.0 Å². The van der Waals surface area contributed by atoms with Gasteiger partial charge in [0.2, 0.25) is 0 Å². The molecule has 7 N–H and O–H groups in total. The zero-order valence-electron chi connectivity index (χ0n) is 13.0. The van der Waals surface area contributed by atoms with Crippen LogP contribution in [0.4, 0.5) is 0 Å². The summed E-state index contributed by atoms with van der Waals surface area (Å²) in [6, 6.07) is 12.1. The van der Waals surface area contributed by atoms with Gasteiger partial charge in [-0.15, -0.1) is 0 Å². The Morgan fingerprint density at radius 2 is 1.60 bits per heavy atom. The molecule has 0 aliphatic rings. The van der Waals surface area contributed by atoms with E-state index in [4.69, 9.17) is 31.1 Å². The number of aromatic amines is 1. The Hall–Kier alpha value is -3.81. The number of hydrogen-bond donors (Lipinski definition) is 5. The second-order valence-corrected chi connectivity index (χ2v) is 5.47. The number of aromatic nitrogens is 2. The summed E-state index contributed by atoms with van der Waals surface area (Å²) >= 11 is 0. The highest BCUT2D eigenvalue weighted by Gasteiger charge is 2.14. The minimum absolute atomic E-state index is 0.00238. The van der Waals surface area contributed by atoms with Crippen LogP contribution in [0.3, 0.4) is 0 Å². The van der Waals surface area contributed by atoms with Crippen LogP contribution < -0.4 is 11.5 Å². The summed E-state index contributed by atoms with van der Waals surface area (Å²) in [5, 5.41) is 14.9. The van der Waals surface area contributed by atoms with Gasteiger partial charge in [0.1, 0.15) is 5.84 Å². The van der Waals surface area contributed by atoms with Crippen LogP contribution in [0.5, 0.6) is 0 Å². The Kier molecular flexibility index (Phi) is 3.17. The van der Waals surface area contributed by atoms with E-state index in [0.717, 1.165) is 11.0 Å². The van der Waals surface area contributed by atoms with E-state index in [9.17, 15) is 0 Å². The van der Waals surface area contributed by atoms with Gasteiger partial charge in [-0.25, -0.2) is 4.98 Å². The maximum atomic E-state index is 7.50. The molecule has 8 heteroatoms. The molecule has 0 aliphatic carbocycles. The minimum atomic E-state index is -0.142. The monoisotopic (exact) mass is 334 g/mol. The van der Waals surface area contributed by atoms with Crippen molar-refractivity contribution in [1.29, 1.82) is 10.8 Å². The van der Waals surface area contributed by atoms with Gasteiger partial charge in [-0.2, -0.15) is 0 Å². The fourth-order valence-electron chi connectivity index (χ4n) is 2.51. The molecule has 124 valence electrons. The van der Waals surface area contributed by atoms with Gasteiger partial charge in [-0.1, -0.05) is 0 Å². The summed E-state index contributed by atoms with van der Waals surface area (Å²) in [5.74, 6) is 2.22. The smallest absolute Gasteiger partial charge is 0.174 e. The van der Waals surface area contributed by atoms with Gasteiger partial charge >= 0.3 is 0 Å². The fourth-order valence-corrected chi connectivity index (χ4v) is 2.51. The van der Waals surface area contributed by atoms with E-state index in [1.165, 1.54) is 0 Å². The van der Waals surface area contributed by atoms with E-state index in [1.807, 2.05) is 0 Å². The molecule has 4 aromatic rings. The lowest BCUT2D eigenvalue weighted by atomic mass is 10.2. The third-order valence-corrected chi connectivity index (χ3v) is 3.75. The Labute approximate surface area is 141 Å². The van der Waals surface area contributed by atoms with Crippen LogP contribution in [0, 0.1) is 10.8 Å². The number of rotatable bonds is 4. The molecule has 3 aromatic heterocycles. The fraction of sp³-hybridized carbons (Fsp3) is 0. The number of amidine groups is 2. The zero-order valence-corrected chi connectivity index (χ0v) is 13.0. The molecule has 1 aromatic carbocycles. The zero-order chi connectivity index (χ0) is 17.6. The SMILES string of the molecule is N=C(N)c1ccc2nc(-c3ccc(-c4ccc(C(=N)N)o4)o3)[nH]c2c1. The van der Waals surface area contributed by atoms with E-state index in [1.54, 1.807) is 42.5 Å². The van der Waals surface area contributed by atoms with Crippen molar-refractivity contribution in [3.63, 3.8) is 0 Å². The number of nitrogens with zero attached hydrogens (tertiary/aromatic N) is 1. The molecule has 0 radical (unpaired) electrons. The standard InChI is InChI=1S/C17H14N6O2/c18-15(19)8-1-2-9-10(7-8)23-17(22-9)14-6-4-12(25-14)11-3-5-13(24-11)16(20)21/h1-7H,(H3,18,19)(H3,20,21)(H,22,23). The van der Waals surface area contributed by atoms with Crippen LogP contribution >= 0.6 is 0 Å². The van der Waals surface area contributed by atoms with Crippen LogP contribution in [-0.2, 0) is 0 Å². The van der Waals surface area contributed by atoms with E-state index >= 15 is 0 Å². The highest BCUT2D eigenvalue weighted by molar-refractivity contribution is 5.98. The number of nitrogen functional groups attached to an aromatic ring is 2. The summed E-state index contributed by atoms with van der Waals surface area (Å²) < 4.78 is 11.3. The van der Waals surface area contributed by atoms with Gasteiger partial charge in [-0.05, 0) is 42.5 Å². The summed E-state index contributed by atoms with van der Waals surface area (Å²) in [7, 11) is 0. The summed E-state index contributed by atoms with van der Waals surface area (Å²) in [6.07, 6.45) is 0. The number of H-pyrrole nitrogens is 1. The quantitative estimate of drug-likeness (QED) is 0.286. The third-order valence-electron chi connectivity index (χ3n) is 3.75. The molecule has 0 atom stereocenters. The van der Waals surface area contributed by atoms with Gasteiger partial charge in [-0.3, -0.25) is 10.8 Å². The first-order valence-corrected chi connectivity index (χ1v) is 7.40. The largest absolute Gasteiger partial charge is 0.450 e. The van der Waals surface area contributed by atoms with Crippen molar-refractivity contribution < 1.29 is 8.83 Å². The van der Waals surface area contributed by atoms with Crippen molar-refractivity contribution in [2.45, 2.75) is 0 Å². The van der Waals surface area contributed by atoms with Crippen molar-refractivity contribution in [3.05, 3.63) is 53.8 Å². The van der Waals surface area contributed by atoms with Crippen LogP contribution in [0.25, 0.3) is 34.1 Å². The molecule has 0 bridgehead atoms. The maximum Gasteiger partial charge on any atom is 0.174 e. The first kappa shape index (κ1) is 14.8. The van der Waals surface area contributed by atoms with Gasteiger partial charge in [0.25, 0.3) is 0 Å². The van der Waals surface area contributed by atoms with Crippen LogP contribution in [0.15, 0.2) is 51.3 Å². The summed E-state index contributed by atoms with van der Waals surface area (Å²) in [5.41, 5.74) is 13.0. The second-order valence-electron chi connectivity index (χ2n) is 5.47. The number of benzene rings is 1. The Balaban J connectivity index is 1.70. The number of imidazole rings is 1. The van der Waals surface area contributed by atoms with Crippen molar-refractivity contribution in [1.82, 2.24) is 9.97 Å². The molecule has 25 heavy (non-hydrogen) atoms. The van der Waals surface area contributed by atoms with Gasteiger partial charge in [0, 0.05) is 5.56 Å². The molecule has 0 spiro atoms. The van der Waals surface area contributed by atoms with Crippen molar-refractivity contribution >= 4 is 22.7 Å². The number of nitrogens with one attached hydrogen (secondary N) is 3. The molecule has 8 nitrogen and oxygen atoms in total. The predicted octanol–water partition coefficient (Wildman–Crippen LogP) is 2.65. The average Bonchev–Trinajstić information content (AvgIpc) is 3.31. The lowest BCUT2D eigenvalue weighted by Gasteiger charge is -1.96. The Morgan fingerprint density at radius 3 is 2.32 bits per heavy atom. The van der Waals surface area contributed by atoms with E-state index in [-0.39, 0.29) is 17.4 Å². The molecule has 3 heterocycles. The summed E-state index contributed by atoms with van der Waals surface area (Å²) in [4.78, 5) is 7.63. The first-order valence-electron chi connectivity index (χ1n) is 7.40. The van der Waals surface area contributed by atoms with E-state index < -0.39 is 0 Å². The molecular weight excluding hydrogens is 320 g/mol. The topological polar surface area (TPSA) is 155 Å². The van der Waals surface area contributed by atoms with Crippen molar-refractivity contribution in [3.8, 4) is 23.1 Å². The molecule has 4 rings (SSSR count). The Morgan fingerprint density at radius 1 is 0.880 bits per heavy atom. The molecular formula is C17H14N6O2. The normalized spacial score (nSPS) is 11.0. The first-order chi connectivity index (χ1) is 12.0. The molecule has 0 amide bonds. The number of furan rings is 2. The average molecular weight is 334 g/mol. The molecule has 0 aliphatic heterocycles. The highest BCUT2D eigenvalue weighted by Crippen LogP contribution is 2.29. The molecule has 0 saturated carbocycles. The van der Waals surface area contributed by atoms with Crippen molar-refractivity contribution in [2.24, 2.45) is 11.5 Å². The second kappa shape index (κ2) is 5.38. The minimum Gasteiger partial charge on any atom is -0.450 e. The van der Waals surface area contributed by atoms with E-state index in [2.05, 4.69) is 9.97 Å². The van der Waals surface area contributed by atoms with Gasteiger partial charge in [0.15, 0.2) is 34.7 Å². The lowest BCUT2D eigenvalue weighted by molar-refractivity contribution is 0.524. The molecule has 0 fully saturated rings. The highest BCUT2D eigenvalue weighted by atomic mass is 16.4. The number of hydrogen-bond acceptors (Lipinski definition) is 5. The number of nitrogens with two attached hydrogens (primary N) is 2. The van der Waals surface area contributed by atoms with Crippen molar-refractivity contribution in [2.75, 3.05) is 0 Å². The predicted molar refractivity (Wildman–Crippen MR) is 93.5 cm³/mol. The third kappa shape index (κ3) is 2.55. The molecule has 0 unspecified atom stereocenters. The Bertz CT molecular complexity index is 1120. The summed E-state index contributed by atoms with van der Waals surface area (Å²) in [6.45, 7) is 0. The maximum absolute atomic E-state index is 7.50. The number of fused-ring (bicyclic) bond motifs is 1.